The number of rotatable bonds is 40. The van der Waals surface area contributed by atoms with E-state index in [1.54, 1.807) is 41.5 Å². The van der Waals surface area contributed by atoms with Gasteiger partial charge in [0.2, 0.25) is 5.91 Å². The maximum Gasteiger partial charge on any atom is 0.408 e. The second-order valence-electron chi connectivity index (χ2n) is 19.5. The van der Waals surface area contributed by atoms with Crippen molar-refractivity contribution >= 4 is 29.9 Å². The van der Waals surface area contributed by atoms with E-state index in [2.05, 4.69) is 24.5 Å². The Labute approximate surface area is 379 Å². The Morgan fingerprint density at radius 3 is 1.13 bits per heavy atom. The fourth-order valence-corrected chi connectivity index (χ4v) is 7.25. The first kappa shape index (κ1) is 59.1. The van der Waals surface area contributed by atoms with Crippen molar-refractivity contribution in [2.45, 2.75) is 284 Å². The second kappa shape index (κ2) is 38.6. The number of hydrogen-bond donors (Lipinski definition) is 2. The number of carbonyl (C=O) groups excluding carboxylic acids is 5. The fraction of sp³-hybridized carbons (Fsp3) is 0.902. The Kier molecular flexibility index (Phi) is 36.8. The third-order valence-electron chi connectivity index (χ3n) is 10.8. The molecule has 0 saturated carbocycles. The number of carbonyl (C=O) groups is 5. The van der Waals surface area contributed by atoms with Crippen LogP contribution in [-0.2, 0) is 38.1 Å². The molecule has 0 radical (unpaired) electrons. The molecular formula is C51H96N2O9. The molecule has 364 valence electrons. The Bertz CT molecular complexity index is 1150. The largest absolute Gasteiger partial charge is 0.466 e. The molecule has 0 aromatic rings. The van der Waals surface area contributed by atoms with Crippen molar-refractivity contribution < 1.29 is 42.9 Å². The SMILES string of the molecule is CCCCCCCCCCCCCCCCOC(=O)CCC(NC(=O)CCC(NC(=O)OC(C)(C)C)C(=O)OC(C)(C)C)C(=O)OCCCCCCCCCCCCCCCC. The number of esters is 3. The standard InChI is InChI=1S/C51H96N2O9/c1-9-11-13-15-17-19-21-23-25-27-29-31-33-35-41-59-46(55)40-38-43(47(56)60-42-36-34-32-30-28-26-24-22-20-18-16-14-12-10-2)52-45(54)39-37-44(48(57)61-50(3,4)5)53-49(58)62-51(6,7)8/h43-44H,9-42H2,1-8H3,(H,52,54)(H,53,58). The summed E-state index contributed by atoms with van der Waals surface area (Å²) in [6.45, 7) is 15.3. The van der Waals surface area contributed by atoms with Gasteiger partial charge in [-0.05, 0) is 67.2 Å². The van der Waals surface area contributed by atoms with E-state index in [1.165, 1.54) is 135 Å². The van der Waals surface area contributed by atoms with Gasteiger partial charge in [0.25, 0.3) is 0 Å². The third kappa shape index (κ3) is 40.0. The molecule has 0 fully saturated rings. The average molecular weight is 881 g/mol. The molecule has 2 unspecified atom stereocenters. The topological polar surface area (TPSA) is 146 Å². The molecule has 0 saturated heterocycles. The summed E-state index contributed by atoms with van der Waals surface area (Å²) in [6.07, 6.45) is 33.4. The molecule has 0 rings (SSSR count). The molecule has 0 aromatic carbocycles. The summed E-state index contributed by atoms with van der Waals surface area (Å²) in [5.41, 5.74) is -1.62. The molecule has 62 heavy (non-hydrogen) atoms. The van der Waals surface area contributed by atoms with E-state index in [0.29, 0.717) is 6.61 Å². The monoisotopic (exact) mass is 881 g/mol. The van der Waals surface area contributed by atoms with Crippen molar-refractivity contribution in [1.82, 2.24) is 10.6 Å². The quantitative estimate of drug-likeness (QED) is 0.0349. The molecule has 0 bridgehead atoms. The summed E-state index contributed by atoms with van der Waals surface area (Å²) in [4.78, 5) is 64.8. The molecule has 2 atom stereocenters. The van der Waals surface area contributed by atoms with Crippen LogP contribution in [0, 0.1) is 0 Å². The first-order valence-corrected chi connectivity index (χ1v) is 25.4. The fourth-order valence-electron chi connectivity index (χ4n) is 7.25. The van der Waals surface area contributed by atoms with Gasteiger partial charge in [-0.15, -0.1) is 0 Å². The van der Waals surface area contributed by atoms with Crippen molar-refractivity contribution in [3.63, 3.8) is 0 Å². The van der Waals surface area contributed by atoms with Crippen molar-refractivity contribution in [2.24, 2.45) is 0 Å². The van der Waals surface area contributed by atoms with Gasteiger partial charge in [-0.25, -0.2) is 14.4 Å². The Morgan fingerprint density at radius 2 is 0.742 bits per heavy atom. The summed E-state index contributed by atoms with van der Waals surface area (Å²) in [5.74, 6) is -2.27. The summed E-state index contributed by atoms with van der Waals surface area (Å²) in [5, 5.41) is 5.24. The number of hydrogen-bond acceptors (Lipinski definition) is 9. The second-order valence-corrected chi connectivity index (χ2v) is 19.5. The van der Waals surface area contributed by atoms with E-state index in [0.717, 1.165) is 44.9 Å². The van der Waals surface area contributed by atoms with Gasteiger partial charge in [-0.1, -0.05) is 181 Å². The zero-order chi connectivity index (χ0) is 46.3. The lowest BCUT2D eigenvalue weighted by Crippen LogP contribution is -2.47. The van der Waals surface area contributed by atoms with Crippen molar-refractivity contribution in [3.05, 3.63) is 0 Å². The normalized spacial score (nSPS) is 12.6. The Hall–Kier alpha value is -2.85. The van der Waals surface area contributed by atoms with E-state index in [4.69, 9.17) is 18.9 Å². The Morgan fingerprint density at radius 1 is 0.403 bits per heavy atom. The van der Waals surface area contributed by atoms with Gasteiger partial charge in [-0.3, -0.25) is 9.59 Å². The number of ether oxygens (including phenoxy) is 4. The first-order chi connectivity index (χ1) is 29.6. The van der Waals surface area contributed by atoms with Crippen LogP contribution in [0.3, 0.4) is 0 Å². The van der Waals surface area contributed by atoms with Crippen LogP contribution in [0.15, 0.2) is 0 Å². The molecule has 2 amide bonds. The van der Waals surface area contributed by atoms with Crippen LogP contribution < -0.4 is 10.6 Å². The summed E-state index contributed by atoms with van der Waals surface area (Å²) in [6, 6.07) is -2.23. The van der Waals surface area contributed by atoms with Crippen molar-refractivity contribution in [1.29, 1.82) is 0 Å². The van der Waals surface area contributed by atoms with Gasteiger partial charge < -0.3 is 29.6 Å². The number of amides is 2. The van der Waals surface area contributed by atoms with Crippen LogP contribution >= 0.6 is 0 Å². The lowest BCUT2D eigenvalue weighted by Gasteiger charge is -2.26. The lowest BCUT2D eigenvalue weighted by atomic mass is 10.0. The van der Waals surface area contributed by atoms with Crippen LogP contribution in [0.2, 0.25) is 0 Å². The predicted molar refractivity (Wildman–Crippen MR) is 252 cm³/mol. The minimum Gasteiger partial charge on any atom is -0.466 e. The van der Waals surface area contributed by atoms with Gasteiger partial charge in [-0.2, -0.15) is 0 Å². The van der Waals surface area contributed by atoms with Crippen LogP contribution in [0.5, 0.6) is 0 Å². The van der Waals surface area contributed by atoms with Crippen LogP contribution in [0.4, 0.5) is 4.79 Å². The highest BCUT2D eigenvalue weighted by Gasteiger charge is 2.30. The zero-order valence-electron chi connectivity index (χ0n) is 41.4. The minimum atomic E-state index is -1.16. The first-order valence-electron chi connectivity index (χ1n) is 25.4. The molecule has 11 heteroatoms. The average Bonchev–Trinajstić information content (AvgIpc) is 3.19. The molecule has 2 N–H and O–H groups in total. The molecular weight excluding hydrogens is 785 g/mol. The van der Waals surface area contributed by atoms with Gasteiger partial charge in [0.15, 0.2) is 0 Å². The predicted octanol–water partition coefficient (Wildman–Crippen LogP) is 13.3. The van der Waals surface area contributed by atoms with Crippen molar-refractivity contribution in [3.8, 4) is 0 Å². The molecule has 0 aliphatic rings. The van der Waals surface area contributed by atoms with E-state index >= 15 is 0 Å². The number of alkyl carbamates (subject to hydrolysis) is 1. The smallest absolute Gasteiger partial charge is 0.408 e. The summed E-state index contributed by atoms with van der Waals surface area (Å²) >= 11 is 0. The summed E-state index contributed by atoms with van der Waals surface area (Å²) in [7, 11) is 0. The van der Waals surface area contributed by atoms with Crippen LogP contribution in [-0.4, -0.2) is 66.4 Å². The maximum atomic E-state index is 13.3. The number of unbranched alkanes of at least 4 members (excludes halogenated alkanes) is 26. The van der Waals surface area contributed by atoms with Crippen LogP contribution in [0.25, 0.3) is 0 Å². The minimum absolute atomic E-state index is 0.0204. The zero-order valence-corrected chi connectivity index (χ0v) is 41.4. The van der Waals surface area contributed by atoms with Gasteiger partial charge in [0, 0.05) is 12.8 Å². The maximum absolute atomic E-state index is 13.3. The summed E-state index contributed by atoms with van der Waals surface area (Å²) < 4.78 is 21.9. The Balaban J connectivity index is 4.91. The molecule has 0 aromatic heterocycles. The molecule has 0 aliphatic heterocycles. The lowest BCUT2D eigenvalue weighted by molar-refractivity contribution is -0.158. The molecule has 0 heterocycles. The van der Waals surface area contributed by atoms with Crippen molar-refractivity contribution in [2.75, 3.05) is 13.2 Å². The third-order valence-corrected chi connectivity index (χ3v) is 10.8. The number of nitrogens with one attached hydrogen (secondary N) is 2. The molecule has 11 nitrogen and oxygen atoms in total. The van der Waals surface area contributed by atoms with Gasteiger partial charge in [0.1, 0.15) is 23.3 Å². The van der Waals surface area contributed by atoms with Gasteiger partial charge in [0.05, 0.1) is 13.2 Å². The highest BCUT2D eigenvalue weighted by Crippen LogP contribution is 2.17. The van der Waals surface area contributed by atoms with E-state index in [1.807, 2.05) is 0 Å². The van der Waals surface area contributed by atoms with E-state index < -0.39 is 53.2 Å². The highest BCUT2D eigenvalue weighted by molar-refractivity contribution is 5.86. The highest BCUT2D eigenvalue weighted by atomic mass is 16.6. The van der Waals surface area contributed by atoms with E-state index in [9.17, 15) is 24.0 Å². The molecule has 0 spiro atoms. The van der Waals surface area contributed by atoms with Crippen LogP contribution in [0.1, 0.15) is 261 Å². The van der Waals surface area contributed by atoms with Gasteiger partial charge >= 0.3 is 24.0 Å². The van der Waals surface area contributed by atoms with E-state index in [-0.39, 0.29) is 32.3 Å². The molecule has 0 aliphatic carbocycles.